The maximum atomic E-state index is 11.0. The number of fused-ring (bicyclic) bond motifs is 1. The molecule has 4 heteroatoms. The van der Waals surface area contributed by atoms with Gasteiger partial charge < -0.3 is 14.5 Å². The minimum atomic E-state index is -0.923. The molecule has 0 atom stereocenters. The van der Waals surface area contributed by atoms with Crippen LogP contribution in [0.5, 0.6) is 0 Å². The number of aryl methyl sites for hydroxylation is 1. The van der Waals surface area contributed by atoms with Gasteiger partial charge in [-0.15, -0.1) is 0 Å². The van der Waals surface area contributed by atoms with Crippen molar-refractivity contribution in [3.05, 3.63) is 71.8 Å². The number of hydrogen-bond acceptors (Lipinski definition) is 2. The summed E-state index contributed by atoms with van der Waals surface area (Å²) in [7, 11) is 0. The number of rotatable bonds is 4. The molecule has 0 aliphatic carbocycles. The van der Waals surface area contributed by atoms with Gasteiger partial charge in [0.2, 0.25) is 0 Å². The predicted octanol–water partition coefficient (Wildman–Crippen LogP) is 5.36. The van der Waals surface area contributed by atoms with Crippen molar-refractivity contribution >= 4 is 16.9 Å². The molecule has 0 aliphatic rings. The fourth-order valence-corrected chi connectivity index (χ4v) is 3.03. The highest BCUT2D eigenvalue weighted by Gasteiger charge is 2.11. The Bertz CT molecular complexity index is 1050. The van der Waals surface area contributed by atoms with Gasteiger partial charge in [-0.1, -0.05) is 37.3 Å². The summed E-state index contributed by atoms with van der Waals surface area (Å²) >= 11 is 0. The van der Waals surface area contributed by atoms with E-state index in [-0.39, 0.29) is 5.56 Å². The topological polar surface area (TPSA) is 66.2 Å². The molecule has 2 aromatic carbocycles. The van der Waals surface area contributed by atoms with Gasteiger partial charge >= 0.3 is 5.97 Å². The maximum absolute atomic E-state index is 11.0. The number of carboxylic acids is 1. The van der Waals surface area contributed by atoms with E-state index in [0.29, 0.717) is 0 Å². The number of hydrogen-bond donors (Lipinski definition) is 2. The third-order valence-electron chi connectivity index (χ3n) is 4.40. The molecule has 4 rings (SSSR count). The van der Waals surface area contributed by atoms with Crippen LogP contribution in [0.15, 0.2) is 65.1 Å². The van der Waals surface area contributed by atoms with Crippen LogP contribution in [0.25, 0.3) is 33.7 Å². The van der Waals surface area contributed by atoms with Crippen LogP contribution in [0.4, 0.5) is 0 Å². The van der Waals surface area contributed by atoms with Crippen molar-refractivity contribution in [2.45, 2.75) is 13.3 Å². The average molecular weight is 331 g/mol. The van der Waals surface area contributed by atoms with E-state index in [2.05, 4.69) is 24.0 Å². The Morgan fingerprint density at radius 3 is 2.52 bits per heavy atom. The number of aromatic amines is 1. The van der Waals surface area contributed by atoms with Crippen molar-refractivity contribution in [1.29, 1.82) is 0 Å². The number of nitrogens with one attached hydrogen (secondary N) is 1. The van der Waals surface area contributed by atoms with Gasteiger partial charge in [-0.05, 0) is 47.9 Å². The molecule has 0 fully saturated rings. The third kappa shape index (κ3) is 2.72. The number of H-pyrrole nitrogens is 1. The zero-order valence-corrected chi connectivity index (χ0v) is 13.7. The van der Waals surface area contributed by atoms with Crippen LogP contribution >= 0.6 is 0 Å². The Balaban J connectivity index is 1.70. The van der Waals surface area contributed by atoms with E-state index in [0.717, 1.165) is 40.1 Å². The second-order valence-electron chi connectivity index (χ2n) is 5.97. The molecule has 0 aliphatic heterocycles. The van der Waals surface area contributed by atoms with Gasteiger partial charge in [-0.2, -0.15) is 0 Å². The molecule has 0 saturated carbocycles. The molecule has 0 spiro atoms. The molecule has 0 saturated heterocycles. The summed E-state index contributed by atoms with van der Waals surface area (Å²) in [6.07, 6.45) is 0.927. The van der Waals surface area contributed by atoms with E-state index < -0.39 is 5.97 Å². The summed E-state index contributed by atoms with van der Waals surface area (Å²) in [4.78, 5) is 14.3. The zero-order valence-electron chi connectivity index (χ0n) is 13.7. The molecular weight excluding hydrogens is 314 g/mol. The number of benzene rings is 2. The number of furan rings is 1. The minimum absolute atomic E-state index is 0.278. The zero-order chi connectivity index (χ0) is 17.4. The minimum Gasteiger partial charge on any atom is -0.478 e. The number of carbonyl (C=O) groups is 1. The first-order chi connectivity index (χ1) is 12.2. The molecule has 0 amide bonds. The van der Waals surface area contributed by atoms with E-state index in [1.807, 2.05) is 24.3 Å². The Morgan fingerprint density at radius 1 is 1.04 bits per heavy atom. The predicted molar refractivity (Wildman–Crippen MR) is 97.8 cm³/mol. The van der Waals surface area contributed by atoms with Gasteiger partial charge in [0, 0.05) is 11.1 Å². The summed E-state index contributed by atoms with van der Waals surface area (Å²) < 4.78 is 6.07. The van der Waals surface area contributed by atoms with Crippen molar-refractivity contribution < 1.29 is 14.3 Å². The molecule has 0 radical (unpaired) electrons. The molecule has 25 heavy (non-hydrogen) atoms. The number of aromatic carboxylic acids is 1. The summed E-state index contributed by atoms with van der Waals surface area (Å²) in [5.74, 6) is -0.128. The first-order valence-electron chi connectivity index (χ1n) is 8.20. The molecular formula is C21H17NO3. The standard InChI is InChI=1S/C21H17NO3/c1-2-13-4-3-5-16-12-19(25-20(13)16)18-11-10-17(22-18)14-6-8-15(9-7-14)21(23)24/h3-12,22H,2H2,1H3,(H,23,24). The monoisotopic (exact) mass is 331 g/mol. The van der Waals surface area contributed by atoms with E-state index in [4.69, 9.17) is 9.52 Å². The lowest BCUT2D eigenvalue weighted by molar-refractivity contribution is 0.0697. The van der Waals surface area contributed by atoms with Gasteiger partial charge in [0.1, 0.15) is 5.58 Å². The van der Waals surface area contributed by atoms with Crippen molar-refractivity contribution in [2.24, 2.45) is 0 Å². The SMILES string of the molecule is CCc1cccc2cc(-c3ccc(-c4ccc(C(=O)O)cc4)[nH]3)oc12. The lowest BCUT2D eigenvalue weighted by atomic mass is 10.1. The number of para-hydroxylation sites is 1. The molecule has 2 aromatic heterocycles. The van der Waals surface area contributed by atoms with Crippen LogP contribution in [0, 0.1) is 0 Å². The first kappa shape index (κ1) is 15.3. The third-order valence-corrected chi connectivity index (χ3v) is 4.40. The highest BCUT2D eigenvalue weighted by molar-refractivity contribution is 5.88. The molecule has 124 valence electrons. The summed E-state index contributed by atoms with van der Waals surface area (Å²) in [5.41, 5.74) is 5.15. The Kier molecular flexibility index (Phi) is 3.65. The largest absolute Gasteiger partial charge is 0.478 e. The highest BCUT2D eigenvalue weighted by atomic mass is 16.4. The summed E-state index contributed by atoms with van der Waals surface area (Å²) in [6.45, 7) is 2.12. The lowest BCUT2D eigenvalue weighted by Crippen LogP contribution is -1.94. The van der Waals surface area contributed by atoms with E-state index in [1.165, 1.54) is 5.56 Å². The fourth-order valence-electron chi connectivity index (χ4n) is 3.03. The van der Waals surface area contributed by atoms with E-state index >= 15 is 0 Å². The van der Waals surface area contributed by atoms with Gasteiger partial charge in [0.25, 0.3) is 0 Å². The van der Waals surface area contributed by atoms with Crippen LogP contribution in [0.3, 0.4) is 0 Å². The lowest BCUT2D eigenvalue weighted by Gasteiger charge is -1.99. The normalized spacial score (nSPS) is 11.1. The molecule has 4 aromatic rings. The van der Waals surface area contributed by atoms with Crippen molar-refractivity contribution in [2.75, 3.05) is 0 Å². The van der Waals surface area contributed by atoms with Gasteiger partial charge in [0.05, 0.1) is 11.3 Å². The van der Waals surface area contributed by atoms with Gasteiger partial charge in [0.15, 0.2) is 5.76 Å². The summed E-state index contributed by atoms with van der Waals surface area (Å²) in [5, 5.41) is 10.1. The van der Waals surface area contributed by atoms with Crippen molar-refractivity contribution in [3.8, 4) is 22.7 Å². The Morgan fingerprint density at radius 2 is 1.80 bits per heavy atom. The Hall–Kier alpha value is -3.27. The summed E-state index contributed by atoms with van der Waals surface area (Å²) in [6, 6.07) is 19.0. The Labute approximate surface area is 144 Å². The number of aromatic nitrogens is 1. The van der Waals surface area contributed by atoms with Crippen molar-refractivity contribution in [3.63, 3.8) is 0 Å². The number of carboxylic acid groups (broad SMARTS) is 1. The quantitative estimate of drug-likeness (QED) is 0.529. The second kappa shape index (κ2) is 5.98. The molecule has 0 unspecified atom stereocenters. The molecule has 2 N–H and O–H groups in total. The smallest absolute Gasteiger partial charge is 0.335 e. The van der Waals surface area contributed by atoms with Gasteiger partial charge in [-0.3, -0.25) is 0 Å². The van der Waals surface area contributed by atoms with Gasteiger partial charge in [-0.25, -0.2) is 4.79 Å². The van der Waals surface area contributed by atoms with E-state index in [1.54, 1.807) is 24.3 Å². The van der Waals surface area contributed by atoms with Crippen LogP contribution < -0.4 is 0 Å². The molecule has 4 nitrogen and oxygen atoms in total. The first-order valence-corrected chi connectivity index (χ1v) is 8.20. The average Bonchev–Trinajstić information content (AvgIpc) is 3.28. The van der Waals surface area contributed by atoms with Crippen LogP contribution in [0.2, 0.25) is 0 Å². The fraction of sp³-hybridized carbons (Fsp3) is 0.0952. The second-order valence-corrected chi connectivity index (χ2v) is 5.97. The molecule has 0 bridgehead atoms. The van der Waals surface area contributed by atoms with Crippen molar-refractivity contribution in [1.82, 2.24) is 4.98 Å². The molecule has 2 heterocycles. The van der Waals surface area contributed by atoms with Crippen LogP contribution in [0.1, 0.15) is 22.8 Å². The maximum Gasteiger partial charge on any atom is 0.335 e. The van der Waals surface area contributed by atoms with Crippen LogP contribution in [-0.4, -0.2) is 16.1 Å². The van der Waals surface area contributed by atoms with E-state index in [9.17, 15) is 4.79 Å². The van der Waals surface area contributed by atoms with Crippen LogP contribution in [-0.2, 0) is 6.42 Å². The highest BCUT2D eigenvalue weighted by Crippen LogP contribution is 2.31.